The molecule has 1 fully saturated rings. The summed E-state index contributed by atoms with van der Waals surface area (Å²) in [5.74, 6) is -1.58. The van der Waals surface area contributed by atoms with Crippen LogP contribution in [0.15, 0.2) is 48.5 Å². The number of hydrogen-bond acceptors (Lipinski definition) is 6. The van der Waals surface area contributed by atoms with E-state index in [-0.39, 0.29) is 31.1 Å². The Hall–Kier alpha value is -4.74. The zero-order valence-electron chi connectivity index (χ0n) is 23.2. The number of rotatable bonds is 5. The molecular weight excluding hydrogens is 550 g/mol. The normalized spacial score (nSPS) is 21.8. The van der Waals surface area contributed by atoms with Crippen LogP contribution in [0.25, 0.3) is 43.6 Å². The number of likely N-dealkylation sites (tertiary alicyclic amines) is 1. The minimum atomic E-state index is -2.23. The van der Waals surface area contributed by atoms with Gasteiger partial charge in [-0.1, -0.05) is 36.4 Å². The van der Waals surface area contributed by atoms with Crippen molar-refractivity contribution in [1.82, 2.24) is 24.7 Å². The topological polar surface area (TPSA) is 146 Å². The molecule has 2 aromatic heterocycles. The van der Waals surface area contributed by atoms with Gasteiger partial charge in [0.05, 0.1) is 35.2 Å². The number of fused-ring (bicyclic) bond motifs is 9. The largest absolute Gasteiger partial charge is 0.388 e. The SMILES string of the molecule is O=C1NC(=O)c2c1c1c3ccccc3n3c1c1c2c2ccccc2n1CC(O)(C(=O)NCCCN1CCCC1=O)C(O)C3. The lowest BCUT2D eigenvalue weighted by atomic mass is 9.93. The lowest BCUT2D eigenvalue weighted by Crippen LogP contribution is -2.59. The molecule has 1 saturated heterocycles. The number of carbonyl (C=O) groups excluding carboxylic acids is 4. The minimum absolute atomic E-state index is 0.106. The third-order valence-corrected chi connectivity index (χ3v) is 9.36. The van der Waals surface area contributed by atoms with Gasteiger partial charge in [-0.25, -0.2) is 0 Å². The zero-order chi connectivity index (χ0) is 29.6. The van der Waals surface area contributed by atoms with Crippen molar-refractivity contribution in [3.05, 3.63) is 59.7 Å². The van der Waals surface area contributed by atoms with Gasteiger partial charge < -0.3 is 29.6 Å². The number of amides is 4. The van der Waals surface area contributed by atoms with E-state index < -0.39 is 29.4 Å². The Labute approximate surface area is 244 Å². The molecule has 0 radical (unpaired) electrons. The monoisotopic (exact) mass is 579 g/mol. The average Bonchev–Trinajstić information content (AvgIpc) is 3.72. The van der Waals surface area contributed by atoms with Crippen LogP contribution in [-0.4, -0.2) is 79.2 Å². The first-order chi connectivity index (χ1) is 20.8. The molecule has 4 N–H and O–H groups in total. The summed E-state index contributed by atoms with van der Waals surface area (Å²) < 4.78 is 3.64. The Morgan fingerprint density at radius 1 is 0.930 bits per heavy atom. The van der Waals surface area contributed by atoms with Crippen molar-refractivity contribution in [1.29, 1.82) is 0 Å². The Morgan fingerprint density at radius 3 is 2.16 bits per heavy atom. The van der Waals surface area contributed by atoms with Crippen molar-refractivity contribution < 1.29 is 29.4 Å². The van der Waals surface area contributed by atoms with Crippen molar-refractivity contribution in [2.45, 2.75) is 44.1 Å². The fourth-order valence-electron chi connectivity index (χ4n) is 7.35. The number of aromatic nitrogens is 2. The molecule has 3 aliphatic heterocycles. The molecule has 8 rings (SSSR count). The van der Waals surface area contributed by atoms with Gasteiger partial charge in [-0.2, -0.15) is 0 Å². The van der Waals surface area contributed by atoms with Gasteiger partial charge in [0.25, 0.3) is 17.7 Å². The molecule has 11 heteroatoms. The summed E-state index contributed by atoms with van der Waals surface area (Å²) in [6.07, 6.45) is 0.374. The number of hydrogen-bond donors (Lipinski definition) is 4. The highest BCUT2D eigenvalue weighted by atomic mass is 16.4. The third kappa shape index (κ3) is 3.49. The number of imide groups is 1. The summed E-state index contributed by atoms with van der Waals surface area (Å²) in [6, 6.07) is 14.8. The minimum Gasteiger partial charge on any atom is -0.388 e. The highest BCUT2D eigenvalue weighted by Crippen LogP contribution is 2.46. The number of carbonyl (C=O) groups is 4. The van der Waals surface area contributed by atoms with Crippen LogP contribution in [0.4, 0.5) is 0 Å². The number of para-hydroxylation sites is 2. The maximum atomic E-state index is 13.7. The van der Waals surface area contributed by atoms with E-state index in [1.165, 1.54) is 0 Å². The van der Waals surface area contributed by atoms with Gasteiger partial charge in [0, 0.05) is 58.6 Å². The van der Waals surface area contributed by atoms with E-state index in [0.29, 0.717) is 69.7 Å². The highest BCUT2D eigenvalue weighted by Gasteiger charge is 2.47. The van der Waals surface area contributed by atoms with E-state index in [2.05, 4.69) is 10.6 Å². The Bertz CT molecular complexity index is 2080. The second-order valence-electron chi connectivity index (χ2n) is 11.7. The Kier molecular flexibility index (Phi) is 5.50. The molecule has 0 bridgehead atoms. The van der Waals surface area contributed by atoms with Crippen molar-refractivity contribution in [2.24, 2.45) is 0 Å². The first kappa shape index (κ1) is 25.9. The van der Waals surface area contributed by atoms with Crippen LogP contribution >= 0.6 is 0 Å². The number of benzene rings is 3. The molecule has 5 aromatic rings. The van der Waals surface area contributed by atoms with Gasteiger partial charge in [-0.15, -0.1) is 0 Å². The van der Waals surface area contributed by atoms with Crippen LogP contribution in [0.3, 0.4) is 0 Å². The van der Waals surface area contributed by atoms with Gasteiger partial charge in [-0.05, 0) is 25.0 Å². The predicted octanol–water partition coefficient (Wildman–Crippen LogP) is 2.02. The summed E-state index contributed by atoms with van der Waals surface area (Å²) in [5.41, 5.74) is 0.972. The first-order valence-corrected chi connectivity index (χ1v) is 14.6. The van der Waals surface area contributed by atoms with Crippen molar-refractivity contribution in [3.8, 4) is 0 Å². The van der Waals surface area contributed by atoms with Crippen LogP contribution in [0.2, 0.25) is 0 Å². The third-order valence-electron chi connectivity index (χ3n) is 9.36. The maximum absolute atomic E-state index is 13.7. The van der Waals surface area contributed by atoms with E-state index in [1.54, 1.807) is 9.47 Å². The van der Waals surface area contributed by atoms with Gasteiger partial charge in [-0.3, -0.25) is 24.5 Å². The van der Waals surface area contributed by atoms with Crippen molar-refractivity contribution >= 4 is 67.2 Å². The molecule has 0 saturated carbocycles. The quantitative estimate of drug-likeness (QED) is 0.185. The fraction of sp³-hybridized carbons (Fsp3) is 0.312. The fourth-order valence-corrected chi connectivity index (χ4v) is 7.35. The zero-order valence-corrected chi connectivity index (χ0v) is 23.2. The molecule has 0 aliphatic carbocycles. The molecule has 5 heterocycles. The Morgan fingerprint density at radius 2 is 1.53 bits per heavy atom. The van der Waals surface area contributed by atoms with E-state index in [1.807, 2.05) is 53.1 Å². The molecule has 4 amide bonds. The van der Waals surface area contributed by atoms with Crippen LogP contribution in [0.5, 0.6) is 0 Å². The van der Waals surface area contributed by atoms with E-state index >= 15 is 0 Å². The second-order valence-corrected chi connectivity index (χ2v) is 11.7. The van der Waals surface area contributed by atoms with E-state index in [4.69, 9.17) is 0 Å². The molecule has 3 aliphatic rings. The molecule has 43 heavy (non-hydrogen) atoms. The van der Waals surface area contributed by atoms with Gasteiger partial charge >= 0.3 is 0 Å². The van der Waals surface area contributed by atoms with Gasteiger partial charge in [0.1, 0.15) is 6.10 Å². The maximum Gasteiger partial charge on any atom is 0.259 e. The first-order valence-electron chi connectivity index (χ1n) is 14.6. The van der Waals surface area contributed by atoms with Crippen molar-refractivity contribution in [2.75, 3.05) is 19.6 Å². The van der Waals surface area contributed by atoms with E-state index in [0.717, 1.165) is 11.8 Å². The smallest absolute Gasteiger partial charge is 0.259 e. The van der Waals surface area contributed by atoms with E-state index in [9.17, 15) is 29.4 Å². The molecule has 11 nitrogen and oxygen atoms in total. The lowest BCUT2D eigenvalue weighted by molar-refractivity contribution is -0.156. The van der Waals surface area contributed by atoms with Crippen LogP contribution in [0.1, 0.15) is 40.0 Å². The predicted molar refractivity (Wildman–Crippen MR) is 159 cm³/mol. The summed E-state index contributed by atoms with van der Waals surface area (Å²) in [4.78, 5) is 54.1. The summed E-state index contributed by atoms with van der Waals surface area (Å²) in [5, 5.41) is 31.6. The summed E-state index contributed by atoms with van der Waals surface area (Å²) in [6.45, 7) is 1.04. The van der Waals surface area contributed by atoms with Crippen LogP contribution in [-0.2, 0) is 22.7 Å². The number of aliphatic hydroxyl groups excluding tert-OH is 1. The van der Waals surface area contributed by atoms with Crippen LogP contribution < -0.4 is 10.6 Å². The molecule has 218 valence electrons. The number of nitrogens with zero attached hydrogens (tertiary/aromatic N) is 3. The number of aliphatic hydroxyl groups is 2. The molecular formula is C32H29N5O6. The number of nitrogens with one attached hydrogen (secondary N) is 2. The average molecular weight is 580 g/mol. The van der Waals surface area contributed by atoms with Crippen LogP contribution in [0, 0.1) is 0 Å². The van der Waals surface area contributed by atoms with Gasteiger partial charge in [0.15, 0.2) is 5.60 Å². The van der Waals surface area contributed by atoms with Gasteiger partial charge in [0.2, 0.25) is 5.91 Å². The molecule has 3 aromatic carbocycles. The van der Waals surface area contributed by atoms with Crippen molar-refractivity contribution in [3.63, 3.8) is 0 Å². The summed E-state index contributed by atoms with van der Waals surface area (Å²) >= 11 is 0. The molecule has 2 atom stereocenters. The standard InChI is InChI=1S/C32H29N5O6/c38-21-15-36-19-9-3-1-7-17(19)23-25-26(30(41)34-29(25)40)24-18-8-2-4-10-20(18)37(28(24)27(23)36)16-32(21,43)31(42)33-12-6-14-35-13-5-11-22(35)39/h1-4,7-10,21,38,43H,5-6,11-16H2,(H,33,42)(H,34,40,41). The molecule has 0 spiro atoms. The second kappa shape index (κ2) is 9.13. The molecule has 2 unspecified atom stereocenters. The Balaban J connectivity index is 1.33. The highest BCUT2D eigenvalue weighted by molar-refractivity contribution is 6.39. The summed E-state index contributed by atoms with van der Waals surface area (Å²) in [7, 11) is 0. The lowest BCUT2D eigenvalue weighted by Gasteiger charge is -2.35.